The summed E-state index contributed by atoms with van der Waals surface area (Å²) in [5.41, 5.74) is 1.44. The van der Waals surface area contributed by atoms with Gasteiger partial charge in [0.05, 0.1) is 19.4 Å². The summed E-state index contributed by atoms with van der Waals surface area (Å²) in [7, 11) is 1.55. The monoisotopic (exact) mass is 283 g/mol. The fourth-order valence-corrected chi connectivity index (χ4v) is 2.26. The van der Waals surface area contributed by atoms with Gasteiger partial charge in [0, 0.05) is 11.1 Å². The number of halogens is 2. The quantitative estimate of drug-likeness (QED) is 0.907. The zero-order valence-electron chi connectivity index (χ0n) is 10.7. The van der Waals surface area contributed by atoms with Crippen LogP contribution in [0.4, 0.5) is 4.39 Å². The van der Waals surface area contributed by atoms with Crippen molar-refractivity contribution in [2.24, 2.45) is 0 Å². The van der Waals surface area contributed by atoms with E-state index in [2.05, 4.69) is 5.32 Å². The Kier molecular flexibility index (Phi) is 4.45. The molecule has 1 heterocycles. The maximum Gasteiger partial charge on any atom is 0.198 e. The topological polar surface area (TPSA) is 34.4 Å². The first-order valence-corrected chi connectivity index (χ1v) is 6.34. The van der Waals surface area contributed by atoms with Gasteiger partial charge in [-0.1, -0.05) is 6.92 Å². The lowest BCUT2D eigenvalue weighted by Crippen LogP contribution is -2.22. The molecule has 0 bridgehead atoms. The lowest BCUT2D eigenvalue weighted by atomic mass is 10.00. The Morgan fingerprint density at radius 3 is 2.74 bits per heavy atom. The highest BCUT2D eigenvalue weighted by molar-refractivity contribution is 6.29. The van der Waals surface area contributed by atoms with E-state index in [0.717, 1.165) is 5.56 Å². The molecule has 3 nitrogen and oxygen atoms in total. The molecule has 1 atom stereocenters. The predicted molar refractivity (Wildman–Crippen MR) is 72.2 cm³/mol. The van der Waals surface area contributed by atoms with Crippen LogP contribution < -0.4 is 10.1 Å². The summed E-state index contributed by atoms with van der Waals surface area (Å²) in [6.45, 7) is 2.67. The minimum Gasteiger partial charge on any atom is -0.496 e. The van der Waals surface area contributed by atoms with Gasteiger partial charge in [-0.05, 0) is 42.4 Å². The molecule has 1 aromatic heterocycles. The molecule has 1 aromatic carbocycles. The first-order valence-electron chi connectivity index (χ1n) is 5.97. The summed E-state index contributed by atoms with van der Waals surface area (Å²) in [6.07, 6.45) is 1.51. The van der Waals surface area contributed by atoms with Gasteiger partial charge >= 0.3 is 0 Å². The fourth-order valence-electron chi connectivity index (χ4n) is 2.03. The van der Waals surface area contributed by atoms with Crippen molar-refractivity contribution in [2.75, 3.05) is 13.7 Å². The Bertz CT molecular complexity index is 556. The molecule has 1 unspecified atom stereocenters. The highest BCUT2D eigenvalue weighted by atomic mass is 35.5. The molecule has 19 heavy (non-hydrogen) atoms. The van der Waals surface area contributed by atoms with Gasteiger partial charge in [0.1, 0.15) is 11.6 Å². The molecule has 0 aliphatic heterocycles. The van der Waals surface area contributed by atoms with Crippen molar-refractivity contribution in [3.05, 3.63) is 52.7 Å². The maximum absolute atomic E-state index is 13.5. The third-order valence-electron chi connectivity index (χ3n) is 2.87. The van der Waals surface area contributed by atoms with Crippen molar-refractivity contribution in [3.63, 3.8) is 0 Å². The molecular weight excluding hydrogens is 269 g/mol. The van der Waals surface area contributed by atoms with E-state index in [0.29, 0.717) is 17.9 Å². The van der Waals surface area contributed by atoms with Crippen molar-refractivity contribution < 1.29 is 13.5 Å². The van der Waals surface area contributed by atoms with Crippen LogP contribution in [0.25, 0.3) is 0 Å². The van der Waals surface area contributed by atoms with Crippen molar-refractivity contribution in [1.82, 2.24) is 5.32 Å². The van der Waals surface area contributed by atoms with Crippen LogP contribution in [0.5, 0.6) is 5.75 Å². The number of methoxy groups -OCH3 is 1. The minimum absolute atomic E-state index is 0.276. The molecule has 0 aliphatic rings. The predicted octanol–water partition coefficient (Wildman–Crippen LogP) is 3.78. The summed E-state index contributed by atoms with van der Waals surface area (Å²) in [5.74, 6) is 0.280. The Hall–Kier alpha value is -1.52. The van der Waals surface area contributed by atoms with Crippen LogP contribution in [-0.4, -0.2) is 13.7 Å². The lowest BCUT2D eigenvalue weighted by molar-refractivity contribution is 0.402. The Balaban J connectivity index is 2.50. The van der Waals surface area contributed by atoms with E-state index < -0.39 is 0 Å². The van der Waals surface area contributed by atoms with Crippen LogP contribution in [0.1, 0.15) is 24.1 Å². The molecule has 0 radical (unpaired) electrons. The van der Waals surface area contributed by atoms with E-state index >= 15 is 0 Å². The van der Waals surface area contributed by atoms with Crippen molar-refractivity contribution >= 4 is 11.6 Å². The molecule has 2 aromatic rings. The summed E-state index contributed by atoms with van der Waals surface area (Å²) in [4.78, 5) is 0. The van der Waals surface area contributed by atoms with Gasteiger partial charge in [-0.3, -0.25) is 0 Å². The van der Waals surface area contributed by atoms with E-state index in [1.54, 1.807) is 19.2 Å². The molecule has 102 valence electrons. The standard InChI is InChI=1S/C14H15ClFNO2/c1-3-17-13(10-6-7-19-14(10)15)11-8-9(16)4-5-12(11)18-2/h4-8,13,17H,3H2,1-2H3. The SMILES string of the molecule is CCNC(c1cc(F)ccc1OC)c1ccoc1Cl. The second-order valence-corrected chi connectivity index (χ2v) is 4.37. The normalized spacial score (nSPS) is 12.4. The van der Waals surface area contributed by atoms with Crippen LogP contribution in [0.15, 0.2) is 34.9 Å². The first-order chi connectivity index (χ1) is 9.17. The zero-order valence-corrected chi connectivity index (χ0v) is 11.5. The van der Waals surface area contributed by atoms with E-state index in [1.165, 1.54) is 18.4 Å². The molecular formula is C14H15ClFNO2. The number of ether oxygens (including phenoxy) is 1. The number of rotatable bonds is 5. The van der Waals surface area contributed by atoms with Crippen LogP contribution in [0.2, 0.25) is 5.22 Å². The third kappa shape index (κ3) is 2.91. The smallest absolute Gasteiger partial charge is 0.198 e. The molecule has 2 rings (SSSR count). The van der Waals surface area contributed by atoms with Crippen molar-refractivity contribution in [2.45, 2.75) is 13.0 Å². The molecule has 0 saturated carbocycles. The second-order valence-electron chi connectivity index (χ2n) is 4.03. The summed E-state index contributed by atoms with van der Waals surface area (Å²) in [5, 5.41) is 3.54. The summed E-state index contributed by atoms with van der Waals surface area (Å²) in [6, 6.07) is 5.89. The van der Waals surface area contributed by atoms with Crippen molar-refractivity contribution in [3.8, 4) is 5.75 Å². The Morgan fingerprint density at radius 2 is 2.16 bits per heavy atom. The van der Waals surface area contributed by atoms with Gasteiger partial charge in [-0.2, -0.15) is 0 Å². The second kappa shape index (κ2) is 6.08. The van der Waals surface area contributed by atoms with Crippen LogP contribution >= 0.6 is 11.6 Å². The first kappa shape index (κ1) is 13.9. The number of hydrogen-bond donors (Lipinski definition) is 1. The molecule has 0 saturated heterocycles. The van der Waals surface area contributed by atoms with Gasteiger partial charge in [-0.25, -0.2) is 4.39 Å². The molecule has 0 fully saturated rings. The van der Waals surface area contributed by atoms with Gasteiger partial charge in [-0.15, -0.1) is 0 Å². The maximum atomic E-state index is 13.5. The number of furan rings is 1. The van der Waals surface area contributed by atoms with Crippen LogP contribution in [-0.2, 0) is 0 Å². The van der Waals surface area contributed by atoms with Gasteiger partial charge < -0.3 is 14.5 Å². The van der Waals surface area contributed by atoms with Crippen LogP contribution in [0, 0.1) is 5.82 Å². The average molecular weight is 284 g/mol. The highest BCUT2D eigenvalue weighted by Crippen LogP contribution is 2.34. The van der Waals surface area contributed by atoms with Gasteiger partial charge in [0.15, 0.2) is 5.22 Å². The third-order valence-corrected chi connectivity index (χ3v) is 3.18. The average Bonchev–Trinajstić information content (AvgIpc) is 2.82. The molecule has 0 spiro atoms. The zero-order chi connectivity index (χ0) is 13.8. The minimum atomic E-state index is -0.321. The Labute approximate surface area is 116 Å². The summed E-state index contributed by atoms with van der Waals surface area (Å²) < 4.78 is 23.9. The number of hydrogen-bond acceptors (Lipinski definition) is 3. The largest absolute Gasteiger partial charge is 0.496 e. The summed E-state index contributed by atoms with van der Waals surface area (Å²) >= 11 is 6.01. The number of nitrogens with one attached hydrogen (secondary N) is 1. The van der Waals surface area contributed by atoms with Gasteiger partial charge in [0.2, 0.25) is 0 Å². The van der Waals surface area contributed by atoms with Crippen LogP contribution in [0.3, 0.4) is 0 Å². The van der Waals surface area contributed by atoms with E-state index in [1.807, 2.05) is 6.92 Å². The molecule has 0 amide bonds. The van der Waals surface area contributed by atoms with E-state index in [9.17, 15) is 4.39 Å². The van der Waals surface area contributed by atoms with Gasteiger partial charge in [0.25, 0.3) is 0 Å². The fraction of sp³-hybridized carbons (Fsp3) is 0.286. The van der Waals surface area contributed by atoms with E-state index in [4.69, 9.17) is 20.8 Å². The lowest BCUT2D eigenvalue weighted by Gasteiger charge is -2.20. The number of benzene rings is 1. The molecule has 1 N–H and O–H groups in total. The van der Waals surface area contributed by atoms with Crippen molar-refractivity contribution in [1.29, 1.82) is 0 Å². The highest BCUT2D eigenvalue weighted by Gasteiger charge is 2.22. The Morgan fingerprint density at radius 1 is 1.37 bits per heavy atom. The molecule has 5 heteroatoms. The van der Waals surface area contributed by atoms with E-state index in [-0.39, 0.29) is 17.1 Å². The molecule has 0 aliphatic carbocycles.